The summed E-state index contributed by atoms with van der Waals surface area (Å²) in [6, 6.07) is 1.33. The lowest BCUT2D eigenvalue weighted by molar-refractivity contribution is -0.320. The molecule has 3 nitrogen and oxygen atoms in total. The standard InChI is InChI=1S/C6H6F4N2O/c7-5(13,6(8,9)10)4-12-3-1-2-11-12/h1-3,13H,4H2. The van der Waals surface area contributed by atoms with Crippen LogP contribution in [-0.2, 0) is 6.54 Å². The summed E-state index contributed by atoms with van der Waals surface area (Å²) < 4.78 is 48.5. The minimum Gasteiger partial charge on any atom is -0.353 e. The SMILES string of the molecule is OC(F)(Cn1cccn1)C(F)(F)F. The van der Waals surface area contributed by atoms with Gasteiger partial charge in [0.05, 0.1) is 0 Å². The summed E-state index contributed by atoms with van der Waals surface area (Å²) in [5.41, 5.74) is 0. The minimum atomic E-state index is -5.31. The molecule has 0 aliphatic heterocycles. The van der Waals surface area contributed by atoms with Crippen molar-refractivity contribution in [3.8, 4) is 0 Å². The van der Waals surface area contributed by atoms with Crippen molar-refractivity contribution in [3.63, 3.8) is 0 Å². The summed E-state index contributed by atoms with van der Waals surface area (Å²) in [4.78, 5) is 0. The molecule has 0 radical (unpaired) electrons. The van der Waals surface area contributed by atoms with Gasteiger partial charge in [-0.25, -0.2) is 0 Å². The van der Waals surface area contributed by atoms with Crippen LogP contribution in [-0.4, -0.2) is 26.9 Å². The molecule has 0 aromatic carbocycles. The third-order valence-corrected chi connectivity index (χ3v) is 1.37. The highest BCUT2D eigenvalue weighted by Crippen LogP contribution is 2.32. The van der Waals surface area contributed by atoms with Crippen LogP contribution in [0, 0.1) is 0 Å². The van der Waals surface area contributed by atoms with Crippen LogP contribution in [0.25, 0.3) is 0 Å². The molecule has 74 valence electrons. The summed E-state index contributed by atoms with van der Waals surface area (Å²) in [6.45, 7) is -1.26. The maximum atomic E-state index is 12.5. The van der Waals surface area contributed by atoms with Crippen molar-refractivity contribution in [1.82, 2.24) is 9.78 Å². The summed E-state index contributed by atoms with van der Waals surface area (Å²) in [5.74, 6) is -4.24. The number of alkyl halides is 4. The summed E-state index contributed by atoms with van der Waals surface area (Å²) in [5, 5.41) is 11.7. The molecule has 0 aliphatic rings. The Balaban J connectivity index is 2.73. The topological polar surface area (TPSA) is 38.0 Å². The largest absolute Gasteiger partial charge is 0.450 e. The second kappa shape index (κ2) is 2.99. The van der Waals surface area contributed by atoms with E-state index in [9.17, 15) is 17.6 Å². The summed E-state index contributed by atoms with van der Waals surface area (Å²) >= 11 is 0. The van der Waals surface area contributed by atoms with Gasteiger partial charge in [-0.05, 0) is 6.07 Å². The lowest BCUT2D eigenvalue weighted by Gasteiger charge is -2.21. The summed E-state index contributed by atoms with van der Waals surface area (Å²) in [6.07, 6.45) is -3.00. The molecule has 0 saturated carbocycles. The zero-order valence-electron chi connectivity index (χ0n) is 6.29. The fraction of sp³-hybridized carbons (Fsp3) is 0.500. The predicted molar refractivity (Wildman–Crippen MR) is 34.3 cm³/mol. The van der Waals surface area contributed by atoms with E-state index >= 15 is 0 Å². The van der Waals surface area contributed by atoms with Crippen LogP contribution in [0.1, 0.15) is 0 Å². The van der Waals surface area contributed by atoms with E-state index in [2.05, 4.69) is 5.10 Å². The van der Waals surface area contributed by atoms with Crippen LogP contribution in [0.2, 0.25) is 0 Å². The average molecular weight is 198 g/mol. The minimum absolute atomic E-state index is 0.660. The first-order valence-corrected chi connectivity index (χ1v) is 3.28. The zero-order chi connectivity index (χ0) is 10.1. The van der Waals surface area contributed by atoms with E-state index in [-0.39, 0.29) is 0 Å². The molecule has 1 heterocycles. The molecule has 1 aromatic heterocycles. The Morgan fingerprint density at radius 2 is 1.92 bits per heavy atom. The normalized spacial score (nSPS) is 17.0. The van der Waals surface area contributed by atoms with Gasteiger partial charge in [-0.2, -0.15) is 22.7 Å². The van der Waals surface area contributed by atoms with E-state index in [0.717, 1.165) is 6.20 Å². The number of rotatable bonds is 2. The van der Waals surface area contributed by atoms with Crippen LogP contribution in [0.4, 0.5) is 17.6 Å². The third kappa shape index (κ3) is 2.18. The third-order valence-electron chi connectivity index (χ3n) is 1.37. The van der Waals surface area contributed by atoms with E-state index in [4.69, 9.17) is 5.11 Å². The van der Waals surface area contributed by atoms with Crippen molar-refractivity contribution in [2.24, 2.45) is 0 Å². The van der Waals surface area contributed by atoms with Crippen molar-refractivity contribution in [1.29, 1.82) is 0 Å². The van der Waals surface area contributed by atoms with Gasteiger partial charge in [0, 0.05) is 12.4 Å². The van der Waals surface area contributed by atoms with Crippen molar-refractivity contribution in [2.75, 3.05) is 0 Å². The van der Waals surface area contributed by atoms with Crippen molar-refractivity contribution in [3.05, 3.63) is 18.5 Å². The van der Waals surface area contributed by atoms with E-state index in [1.165, 1.54) is 12.3 Å². The number of hydrogen-bond donors (Lipinski definition) is 1. The van der Waals surface area contributed by atoms with Gasteiger partial charge in [0.25, 0.3) is 0 Å². The number of hydrogen-bond acceptors (Lipinski definition) is 2. The molecule has 0 aliphatic carbocycles. The summed E-state index contributed by atoms with van der Waals surface area (Å²) in [7, 11) is 0. The van der Waals surface area contributed by atoms with Gasteiger partial charge in [0.15, 0.2) is 0 Å². The van der Waals surface area contributed by atoms with Gasteiger partial charge in [-0.3, -0.25) is 4.68 Å². The molecule has 1 unspecified atom stereocenters. The smallest absolute Gasteiger partial charge is 0.353 e. The van der Waals surface area contributed by atoms with Crippen LogP contribution >= 0.6 is 0 Å². The van der Waals surface area contributed by atoms with Crippen molar-refractivity contribution < 1.29 is 22.7 Å². The first kappa shape index (κ1) is 9.97. The Morgan fingerprint density at radius 3 is 2.31 bits per heavy atom. The maximum absolute atomic E-state index is 12.5. The lowest BCUT2D eigenvalue weighted by Crippen LogP contribution is -2.44. The van der Waals surface area contributed by atoms with E-state index in [0.29, 0.717) is 4.68 Å². The Kier molecular flexibility index (Phi) is 2.29. The highest BCUT2D eigenvalue weighted by molar-refractivity contribution is 4.82. The Hall–Kier alpha value is -1.11. The average Bonchev–Trinajstić information content (AvgIpc) is 2.35. The first-order valence-electron chi connectivity index (χ1n) is 3.28. The van der Waals surface area contributed by atoms with Gasteiger partial charge in [-0.1, -0.05) is 0 Å². The van der Waals surface area contributed by atoms with Crippen LogP contribution in [0.3, 0.4) is 0 Å². The molecule has 7 heteroatoms. The molecule has 1 atom stereocenters. The number of nitrogens with zero attached hydrogens (tertiary/aromatic N) is 2. The molecule has 0 amide bonds. The molecule has 1 aromatic rings. The van der Waals surface area contributed by atoms with Crippen LogP contribution in [0.5, 0.6) is 0 Å². The van der Waals surface area contributed by atoms with Gasteiger partial charge in [-0.15, -0.1) is 0 Å². The second-order valence-electron chi connectivity index (χ2n) is 2.46. The monoisotopic (exact) mass is 198 g/mol. The zero-order valence-corrected chi connectivity index (χ0v) is 6.29. The van der Waals surface area contributed by atoms with Crippen molar-refractivity contribution in [2.45, 2.75) is 18.6 Å². The molecule has 0 spiro atoms. The lowest BCUT2D eigenvalue weighted by atomic mass is 10.3. The van der Waals surface area contributed by atoms with Gasteiger partial charge < -0.3 is 5.11 Å². The Morgan fingerprint density at radius 1 is 1.31 bits per heavy atom. The molecule has 1 N–H and O–H groups in total. The fourth-order valence-electron chi connectivity index (χ4n) is 0.698. The van der Waals surface area contributed by atoms with Gasteiger partial charge in [0.2, 0.25) is 0 Å². The highest BCUT2D eigenvalue weighted by Gasteiger charge is 2.55. The quantitative estimate of drug-likeness (QED) is 0.722. The Labute approximate surface area is 70.6 Å². The van der Waals surface area contributed by atoms with Crippen LogP contribution < -0.4 is 0 Å². The van der Waals surface area contributed by atoms with Crippen molar-refractivity contribution >= 4 is 0 Å². The van der Waals surface area contributed by atoms with Gasteiger partial charge >= 0.3 is 12.0 Å². The maximum Gasteiger partial charge on any atom is 0.450 e. The molecule has 1 rings (SSSR count). The van der Waals surface area contributed by atoms with Crippen LogP contribution in [0.15, 0.2) is 18.5 Å². The molecule has 0 fully saturated rings. The highest BCUT2D eigenvalue weighted by atomic mass is 19.4. The Bertz CT molecular complexity index is 267. The molecule has 13 heavy (non-hydrogen) atoms. The number of aromatic nitrogens is 2. The fourth-order valence-corrected chi connectivity index (χ4v) is 0.698. The molecule has 0 bridgehead atoms. The molecule has 0 saturated heterocycles. The number of aliphatic hydroxyl groups is 1. The second-order valence-corrected chi connectivity index (χ2v) is 2.46. The predicted octanol–water partition coefficient (Wildman–Crippen LogP) is 1.10. The first-order chi connectivity index (χ1) is 5.83. The molecular weight excluding hydrogens is 192 g/mol. The van der Waals surface area contributed by atoms with E-state index in [1.807, 2.05) is 0 Å². The van der Waals surface area contributed by atoms with E-state index in [1.54, 1.807) is 0 Å². The van der Waals surface area contributed by atoms with E-state index < -0.39 is 18.6 Å². The van der Waals surface area contributed by atoms with Gasteiger partial charge in [0.1, 0.15) is 6.54 Å². The number of halogens is 4. The molecular formula is C6H6F4N2O.